The van der Waals surface area contributed by atoms with Gasteiger partial charge in [0, 0.05) is 19.1 Å². The van der Waals surface area contributed by atoms with E-state index in [0.717, 1.165) is 19.6 Å². The third-order valence-electron chi connectivity index (χ3n) is 2.84. The van der Waals surface area contributed by atoms with Gasteiger partial charge < -0.3 is 14.6 Å². The molecule has 0 spiro atoms. The number of hydrogen-bond acceptors (Lipinski definition) is 4. The van der Waals surface area contributed by atoms with Crippen molar-refractivity contribution in [1.29, 1.82) is 0 Å². The van der Waals surface area contributed by atoms with Crippen molar-refractivity contribution in [2.24, 2.45) is 5.92 Å². The number of rotatable bonds is 3. The molecule has 1 unspecified atom stereocenters. The summed E-state index contributed by atoms with van der Waals surface area (Å²) in [6, 6.07) is 0. The van der Waals surface area contributed by atoms with E-state index in [4.69, 9.17) is 9.26 Å². The van der Waals surface area contributed by atoms with E-state index in [2.05, 4.69) is 10.5 Å². The zero-order chi connectivity index (χ0) is 11.5. The average molecular weight is 224 g/mol. The van der Waals surface area contributed by atoms with Crippen molar-refractivity contribution in [3.05, 3.63) is 17.0 Å². The molecule has 0 bridgehead atoms. The maximum atomic E-state index is 11.9. The van der Waals surface area contributed by atoms with E-state index in [1.807, 2.05) is 0 Å². The van der Waals surface area contributed by atoms with Crippen molar-refractivity contribution in [3.63, 3.8) is 0 Å². The molecule has 2 rings (SSSR count). The van der Waals surface area contributed by atoms with Crippen LogP contribution in [0.15, 0.2) is 4.52 Å². The molecular formula is C11H16N2O3. The van der Waals surface area contributed by atoms with Crippen molar-refractivity contribution in [2.75, 3.05) is 19.8 Å². The Morgan fingerprint density at radius 3 is 2.94 bits per heavy atom. The Bertz CT molecular complexity index is 361. The summed E-state index contributed by atoms with van der Waals surface area (Å²) in [5, 5.41) is 6.65. The van der Waals surface area contributed by atoms with E-state index in [-0.39, 0.29) is 5.91 Å². The first-order valence-electron chi connectivity index (χ1n) is 5.47. The van der Waals surface area contributed by atoms with Crippen molar-refractivity contribution in [2.45, 2.75) is 20.3 Å². The molecule has 5 nitrogen and oxygen atoms in total. The van der Waals surface area contributed by atoms with Gasteiger partial charge in [0.05, 0.1) is 12.3 Å². The second-order valence-corrected chi connectivity index (χ2v) is 4.14. The quantitative estimate of drug-likeness (QED) is 0.833. The molecule has 88 valence electrons. The summed E-state index contributed by atoms with van der Waals surface area (Å²) >= 11 is 0. The minimum absolute atomic E-state index is 0.108. The van der Waals surface area contributed by atoms with E-state index >= 15 is 0 Å². The molecule has 1 aromatic heterocycles. The fourth-order valence-electron chi connectivity index (χ4n) is 1.88. The zero-order valence-corrected chi connectivity index (χ0v) is 9.58. The Balaban J connectivity index is 1.92. The van der Waals surface area contributed by atoms with Gasteiger partial charge in [-0.25, -0.2) is 0 Å². The van der Waals surface area contributed by atoms with Crippen LogP contribution < -0.4 is 5.32 Å². The van der Waals surface area contributed by atoms with Gasteiger partial charge in [-0.2, -0.15) is 0 Å². The Morgan fingerprint density at radius 2 is 2.38 bits per heavy atom. The van der Waals surface area contributed by atoms with Gasteiger partial charge in [0.25, 0.3) is 5.91 Å². The van der Waals surface area contributed by atoms with Gasteiger partial charge in [-0.15, -0.1) is 0 Å². The van der Waals surface area contributed by atoms with Crippen LogP contribution in [-0.2, 0) is 4.74 Å². The molecule has 1 saturated heterocycles. The van der Waals surface area contributed by atoms with E-state index in [1.54, 1.807) is 13.8 Å². The fraction of sp³-hybridized carbons (Fsp3) is 0.636. The highest BCUT2D eigenvalue weighted by molar-refractivity contribution is 5.96. The van der Waals surface area contributed by atoms with Crippen LogP contribution in [0, 0.1) is 19.8 Å². The van der Waals surface area contributed by atoms with Crippen molar-refractivity contribution in [1.82, 2.24) is 10.5 Å². The lowest BCUT2D eigenvalue weighted by molar-refractivity contribution is 0.0943. The first-order valence-corrected chi connectivity index (χ1v) is 5.47. The number of carbonyl (C=O) groups is 1. The molecule has 1 N–H and O–H groups in total. The van der Waals surface area contributed by atoms with Gasteiger partial charge in [0.15, 0.2) is 0 Å². The van der Waals surface area contributed by atoms with Crippen molar-refractivity contribution >= 4 is 5.91 Å². The topological polar surface area (TPSA) is 64.4 Å². The molecule has 16 heavy (non-hydrogen) atoms. The molecule has 1 atom stereocenters. The molecule has 1 fully saturated rings. The molecule has 0 aliphatic carbocycles. The molecule has 0 aromatic carbocycles. The predicted octanol–water partition coefficient (Wildman–Crippen LogP) is 1.06. The van der Waals surface area contributed by atoms with Crippen molar-refractivity contribution < 1.29 is 14.1 Å². The number of aromatic nitrogens is 1. The summed E-state index contributed by atoms with van der Waals surface area (Å²) in [5.41, 5.74) is 1.19. The normalized spacial score (nSPS) is 20.0. The Labute approximate surface area is 94.1 Å². The van der Waals surface area contributed by atoms with Crippen LogP contribution in [-0.4, -0.2) is 30.8 Å². The lowest BCUT2D eigenvalue weighted by atomic mass is 10.1. The summed E-state index contributed by atoms with van der Waals surface area (Å²) in [6.45, 7) is 5.70. The molecule has 1 aromatic rings. The van der Waals surface area contributed by atoms with E-state index in [0.29, 0.717) is 29.5 Å². The van der Waals surface area contributed by atoms with Crippen LogP contribution in [0.3, 0.4) is 0 Å². The molecule has 2 heterocycles. The Hall–Kier alpha value is -1.36. The van der Waals surface area contributed by atoms with Gasteiger partial charge in [0.1, 0.15) is 11.3 Å². The van der Waals surface area contributed by atoms with Gasteiger partial charge >= 0.3 is 0 Å². The number of aryl methyl sites for hydroxylation is 2. The fourth-order valence-corrected chi connectivity index (χ4v) is 1.88. The maximum Gasteiger partial charge on any atom is 0.256 e. The number of amides is 1. The molecule has 0 radical (unpaired) electrons. The highest BCUT2D eigenvalue weighted by Crippen LogP contribution is 2.14. The monoisotopic (exact) mass is 224 g/mol. The summed E-state index contributed by atoms with van der Waals surface area (Å²) in [5.74, 6) is 0.894. The highest BCUT2D eigenvalue weighted by Gasteiger charge is 2.20. The smallest absolute Gasteiger partial charge is 0.256 e. The molecular weight excluding hydrogens is 208 g/mol. The number of nitrogens with zero attached hydrogens (tertiary/aromatic N) is 1. The van der Waals surface area contributed by atoms with Gasteiger partial charge in [-0.1, -0.05) is 5.16 Å². The molecule has 1 aliphatic heterocycles. The van der Waals surface area contributed by atoms with Gasteiger partial charge in [-0.05, 0) is 20.3 Å². The molecule has 1 aliphatic rings. The number of carbonyl (C=O) groups excluding carboxylic acids is 1. The van der Waals surface area contributed by atoms with Gasteiger partial charge in [0.2, 0.25) is 0 Å². The third-order valence-corrected chi connectivity index (χ3v) is 2.84. The highest BCUT2D eigenvalue weighted by atomic mass is 16.5. The van der Waals surface area contributed by atoms with Crippen molar-refractivity contribution in [3.8, 4) is 0 Å². The Morgan fingerprint density at radius 1 is 1.56 bits per heavy atom. The van der Waals surface area contributed by atoms with Crippen LogP contribution in [0.25, 0.3) is 0 Å². The van der Waals surface area contributed by atoms with Crippen LogP contribution in [0.2, 0.25) is 0 Å². The predicted molar refractivity (Wildman–Crippen MR) is 57.2 cm³/mol. The van der Waals surface area contributed by atoms with Crippen LogP contribution in [0.4, 0.5) is 0 Å². The summed E-state index contributed by atoms with van der Waals surface area (Å²) < 4.78 is 10.2. The van der Waals surface area contributed by atoms with Crippen LogP contribution in [0.5, 0.6) is 0 Å². The molecule has 1 amide bonds. The number of hydrogen-bond donors (Lipinski definition) is 1. The number of ether oxygens (including phenoxy) is 1. The molecule has 0 saturated carbocycles. The number of nitrogens with one attached hydrogen (secondary N) is 1. The second kappa shape index (κ2) is 4.65. The summed E-state index contributed by atoms with van der Waals surface area (Å²) in [7, 11) is 0. The standard InChI is InChI=1S/C11H16N2O3/c1-7-10(8(2)16-13-7)11(14)12-5-9-3-4-15-6-9/h9H,3-6H2,1-2H3,(H,12,14). The SMILES string of the molecule is Cc1noc(C)c1C(=O)NCC1CCOC1. The van der Waals surface area contributed by atoms with Gasteiger partial charge in [-0.3, -0.25) is 4.79 Å². The first-order chi connectivity index (χ1) is 7.68. The Kier molecular flexibility index (Phi) is 3.24. The van der Waals surface area contributed by atoms with E-state index in [1.165, 1.54) is 0 Å². The van der Waals surface area contributed by atoms with Crippen LogP contribution in [0.1, 0.15) is 28.2 Å². The summed E-state index contributed by atoms with van der Waals surface area (Å²) in [6.07, 6.45) is 1.02. The van der Waals surface area contributed by atoms with E-state index < -0.39 is 0 Å². The van der Waals surface area contributed by atoms with Crippen LogP contribution >= 0.6 is 0 Å². The second-order valence-electron chi connectivity index (χ2n) is 4.14. The summed E-state index contributed by atoms with van der Waals surface area (Å²) in [4.78, 5) is 11.9. The van der Waals surface area contributed by atoms with E-state index in [9.17, 15) is 4.79 Å². The molecule has 5 heteroatoms. The average Bonchev–Trinajstić information content (AvgIpc) is 2.86. The zero-order valence-electron chi connectivity index (χ0n) is 9.58. The lowest BCUT2D eigenvalue weighted by Gasteiger charge is -2.08. The maximum absolute atomic E-state index is 11.9. The lowest BCUT2D eigenvalue weighted by Crippen LogP contribution is -2.30. The minimum Gasteiger partial charge on any atom is -0.381 e. The minimum atomic E-state index is -0.108. The largest absolute Gasteiger partial charge is 0.381 e. The third kappa shape index (κ3) is 2.24. The first kappa shape index (κ1) is 11.1.